The van der Waals surface area contributed by atoms with E-state index in [2.05, 4.69) is 90.1 Å². The van der Waals surface area contributed by atoms with Crippen molar-refractivity contribution in [2.45, 2.75) is 110 Å². The van der Waals surface area contributed by atoms with Gasteiger partial charge in [0.25, 0.3) is 0 Å². The molecule has 0 aromatic heterocycles. The van der Waals surface area contributed by atoms with Crippen LogP contribution in [0.4, 0.5) is 0 Å². The number of esters is 2. The number of benzene rings is 2. The molecule has 0 N–H and O–H groups in total. The van der Waals surface area contributed by atoms with Gasteiger partial charge in [0, 0.05) is 11.8 Å². The van der Waals surface area contributed by atoms with Gasteiger partial charge in [-0.1, -0.05) is 115 Å². The van der Waals surface area contributed by atoms with Crippen LogP contribution < -0.4 is 18.9 Å². The van der Waals surface area contributed by atoms with Gasteiger partial charge in [-0.15, -0.1) is 0 Å². The molecule has 0 amide bonds. The fraction of sp³-hybridized carbons (Fsp3) is 0.583. The molecule has 0 aliphatic heterocycles. The summed E-state index contributed by atoms with van der Waals surface area (Å²) in [6.45, 7) is 15.0. The van der Waals surface area contributed by atoms with Crippen molar-refractivity contribution < 1.29 is 37.9 Å². The summed E-state index contributed by atoms with van der Waals surface area (Å²) in [7, 11) is 0. The molecule has 0 unspecified atom stereocenters. The van der Waals surface area contributed by atoms with Crippen LogP contribution in [0.25, 0.3) is 0 Å². The van der Waals surface area contributed by atoms with Gasteiger partial charge >= 0.3 is 18.9 Å². The van der Waals surface area contributed by atoms with Crippen molar-refractivity contribution >= 4 is 11.9 Å². The average Bonchev–Trinajstić information content (AvgIpc) is 2.93. The van der Waals surface area contributed by atoms with E-state index in [1.807, 2.05) is 12.1 Å². The summed E-state index contributed by atoms with van der Waals surface area (Å²) in [5, 5.41) is 0. The minimum atomic E-state index is -0.541. The summed E-state index contributed by atoms with van der Waals surface area (Å²) in [5.74, 6) is 0.253. The van der Waals surface area contributed by atoms with E-state index in [9.17, 15) is 9.59 Å². The van der Waals surface area contributed by atoms with Crippen LogP contribution >= 0.6 is 0 Å². The number of carbonyl (C=O) groups is 2. The maximum Gasteiger partial charge on any atom is 1.00 e. The molecule has 2 aliphatic carbocycles. The molecular formula is C36H49LiO4. The average molecular weight is 553 g/mol. The van der Waals surface area contributed by atoms with Gasteiger partial charge in [0.1, 0.15) is 12.2 Å². The van der Waals surface area contributed by atoms with E-state index in [4.69, 9.17) is 9.47 Å². The number of hydrogen-bond acceptors (Lipinski definition) is 4. The SMILES string of the molecule is C[C-](C(=O)O[C@@H]1C[C@H](C)CC[C@H]1C(C)(C)c1ccccc1)C(=O)O[C@@H]1C[C@H](C)CC[C@H]1C(C)(C)c1ccccc1.[Li+]. The molecule has 218 valence electrons. The van der Waals surface area contributed by atoms with Crippen LogP contribution in [0.15, 0.2) is 60.7 Å². The molecule has 2 aromatic rings. The van der Waals surface area contributed by atoms with Crippen LogP contribution in [0.3, 0.4) is 0 Å². The Morgan fingerprint density at radius 3 is 1.34 bits per heavy atom. The molecule has 41 heavy (non-hydrogen) atoms. The number of hydrogen-bond donors (Lipinski definition) is 0. The van der Waals surface area contributed by atoms with E-state index in [1.54, 1.807) is 6.92 Å². The molecule has 5 heteroatoms. The van der Waals surface area contributed by atoms with Gasteiger partial charge in [-0.2, -0.15) is 12.8 Å². The third kappa shape index (κ3) is 7.63. The number of rotatable bonds is 8. The fourth-order valence-corrected chi connectivity index (χ4v) is 7.27. The maximum absolute atomic E-state index is 13.4. The van der Waals surface area contributed by atoms with Gasteiger partial charge in [0.2, 0.25) is 0 Å². The van der Waals surface area contributed by atoms with E-state index in [1.165, 1.54) is 11.1 Å². The van der Waals surface area contributed by atoms with Gasteiger partial charge in [0.15, 0.2) is 11.9 Å². The van der Waals surface area contributed by atoms with Gasteiger partial charge in [-0.05, 0) is 59.5 Å². The largest absolute Gasteiger partial charge is 1.00 e. The van der Waals surface area contributed by atoms with Crippen molar-refractivity contribution in [2.24, 2.45) is 23.7 Å². The van der Waals surface area contributed by atoms with Crippen LogP contribution in [0, 0.1) is 29.6 Å². The predicted molar refractivity (Wildman–Crippen MR) is 161 cm³/mol. The summed E-state index contributed by atoms with van der Waals surface area (Å²) < 4.78 is 12.3. The molecule has 2 saturated carbocycles. The maximum atomic E-state index is 13.4. The second-order valence-electron chi connectivity index (χ2n) is 13.7. The van der Waals surface area contributed by atoms with E-state index in [-0.39, 0.29) is 59.7 Å². The molecule has 0 spiro atoms. The molecule has 0 bridgehead atoms. The van der Waals surface area contributed by atoms with Gasteiger partial charge in [-0.25, -0.2) is 0 Å². The van der Waals surface area contributed by atoms with Gasteiger partial charge in [0.05, 0.1) is 0 Å². The predicted octanol–water partition coefficient (Wildman–Crippen LogP) is 5.24. The van der Waals surface area contributed by atoms with Crippen LogP contribution in [-0.4, -0.2) is 24.1 Å². The fourth-order valence-electron chi connectivity index (χ4n) is 7.27. The van der Waals surface area contributed by atoms with Crippen LogP contribution in [0.1, 0.15) is 98.1 Å². The van der Waals surface area contributed by atoms with Crippen molar-refractivity contribution in [3.05, 3.63) is 77.7 Å². The minimum absolute atomic E-state index is 0. The zero-order chi connectivity index (χ0) is 29.1. The minimum Gasteiger partial charge on any atom is -0.484 e. The molecule has 4 rings (SSSR count). The van der Waals surface area contributed by atoms with E-state index >= 15 is 0 Å². The van der Waals surface area contributed by atoms with Crippen molar-refractivity contribution in [1.82, 2.24) is 0 Å². The summed E-state index contributed by atoms with van der Waals surface area (Å²) in [4.78, 5) is 26.8. The molecule has 2 aliphatic rings. The normalized spacial score (nSPS) is 26.8. The Labute approximate surface area is 260 Å². The van der Waals surface area contributed by atoms with Crippen molar-refractivity contribution in [3.8, 4) is 0 Å². The summed E-state index contributed by atoms with van der Waals surface area (Å²) in [6, 6.07) is 21.0. The van der Waals surface area contributed by atoms with Crippen LogP contribution in [-0.2, 0) is 29.9 Å². The monoisotopic (exact) mass is 552 g/mol. The Morgan fingerprint density at radius 1 is 0.659 bits per heavy atom. The molecule has 0 heterocycles. The molecule has 2 aromatic carbocycles. The van der Waals surface area contributed by atoms with Crippen molar-refractivity contribution in [1.29, 1.82) is 0 Å². The van der Waals surface area contributed by atoms with Gasteiger partial charge in [-0.3, -0.25) is 9.59 Å². The van der Waals surface area contributed by atoms with E-state index in [0.29, 0.717) is 11.8 Å². The molecule has 6 atom stereocenters. The Balaban J connectivity index is 0.00000462. The Morgan fingerprint density at radius 2 is 1.00 bits per heavy atom. The Bertz CT molecular complexity index is 1040. The summed E-state index contributed by atoms with van der Waals surface area (Å²) in [6.07, 6.45) is 5.32. The molecular weight excluding hydrogens is 503 g/mol. The first kappa shape index (κ1) is 33.4. The molecule has 2 fully saturated rings. The molecule has 4 nitrogen and oxygen atoms in total. The van der Waals surface area contributed by atoms with E-state index < -0.39 is 11.9 Å². The first-order valence-electron chi connectivity index (χ1n) is 15.3. The third-order valence-electron chi connectivity index (χ3n) is 10.1. The first-order valence-corrected chi connectivity index (χ1v) is 15.3. The van der Waals surface area contributed by atoms with E-state index in [0.717, 1.165) is 38.5 Å². The number of carbonyl (C=O) groups excluding carboxylic acids is 2. The smallest absolute Gasteiger partial charge is 0.484 e. The van der Waals surface area contributed by atoms with Crippen molar-refractivity contribution in [3.63, 3.8) is 0 Å². The first-order chi connectivity index (χ1) is 18.9. The number of ether oxygens (including phenoxy) is 2. The third-order valence-corrected chi connectivity index (χ3v) is 10.1. The van der Waals surface area contributed by atoms with Crippen LogP contribution in [0.2, 0.25) is 0 Å². The second-order valence-corrected chi connectivity index (χ2v) is 13.7. The zero-order valence-corrected chi connectivity index (χ0v) is 26.6. The second kappa shape index (κ2) is 13.9. The summed E-state index contributed by atoms with van der Waals surface area (Å²) >= 11 is 0. The Hall–Kier alpha value is -2.15. The zero-order valence-electron chi connectivity index (χ0n) is 26.6. The quantitative estimate of drug-likeness (QED) is 0.195. The van der Waals surface area contributed by atoms with Gasteiger partial charge < -0.3 is 9.47 Å². The van der Waals surface area contributed by atoms with Crippen molar-refractivity contribution in [2.75, 3.05) is 0 Å². The van der Waals surface area contributed by atoms with Crippen LogP contribution in [0.5, 0.6) is 0 Å². The Kier molecular flexibility index (Phi) is 11.3. The standard InChI is InChI=1S/C36H49O4.Li/c1-24-18-20-29(35(4,5)27-14-10-8-11-15-27)31(22-24)39-33(37)26(3)34(38)40-32-23-25(2)19-21-30(32)36(6,7)28-16-12-9-13-17-28;/h8-17,24-25,29-32H,18-23H2,1-7H3;/q-1;+1/t24-,25-,29-,30-,31-,32-;/m1./s1. The topological polar surface area (TPSA) is 52.6 Å². The summed E-state index contributed by atoms with van der Waals surface area (Å²) in [5.41, 5.74) is 2.17. The molecule has 0 saturated heterocycles. The molecule has 0 radical (unpaired) electrons.